The molecule has 1 aromatic heterocycles. The van der Waals surface area contributed by atoms with Gasteiger partial charge in [-0.25, -0.2) is 4.39 Å². The zero-order valence-electron chi connectivity index (χ0n) is 19.2. The lowest BCUT2D eigenvalue weighted by Gasteiger charge is -2.21. The van der Waals surface area contributed by atoms with Gasteiger partial charge >= 0.3 is 0 Å². The Bertz CT molecular complexity index is 1460. The lowest BCUT2D eigenvalue weighted by atomic mass is 9.97. The molecule has 1 atom stereocenters. The second-order valence-corrected chi connectivity index (χ2v) is 8.83. The summed E-state index contributed by atoms with van der Waals surface area (Å²) in [5.41, 5.74) is 11.5. The van der Waals surface area contributed by atoms with Gasteiger partial charge in [0.2, 0.25) is 0 Å². The summed E-state index contributed by atoms with van der Waals surface area (Å²) < 4.78 is 24.7. The minimum absolute atomic E-state index is 0.407. The second kappa shape index (κ2) is 9.17. The SMILES string of the molecule is COc1cc(F)cc(-c2cccc3c(N)c4c(nc23)CN(Cc2ccc(OC)c(Cl)c2)C4C=O)c1. The van der Waals surface area contributed by atoms with Crippen LogP contribution in [0.2, 0.25) is 5.02 Å². The maximum atomic E-state index is 14.2. The van der Waals surface area contributed by atoms with E-state index < -0.39 is 11.9 Å². The van der Waals surface area contributed by atoms with E-state index in [1.165, 1.54) is 19.2 Å². The topological polar surface area (TPSA) is 77.7 Å². The number of aldehydes is 1. The first-order valence-electron chi connectivity index (χ1n) is 11.0. The van der Waals surface area contributed by atoms with Crippen LogP contribution in [0.4, 0.5) is 10.1 Å². The largest absolute Gasteiger partial charge is 0.497 e. The van der Waals surface area contributed by atoms with Crippen molar-refractivity contribution < 1.29 is 18.7 Å². The highest BCUT2D eigenvalue weighted by atomic mass is 35.5. The number of para-hydroxylation sites is 1. The average molecular weight is 492 g/mol. The zero-order valence-corrected chi connectivity index (χ0v) is 20.0. The van der Waals surface area contributed by atoms with Crippen molar-refractivity contribution in [1.29, 1.82) is 0 Å². The van der Waals surface area contributed by atoms with Gasteiger partial charge in [-0.05, 0) is 35.4 Å². The van der Waals surface area contributed by atoms with Gasteiger partial charge in [0.05, 0.1) is 36.5 Å². The van der Waals surface area contributed by atoms with E-state index in [0.29, 0.717) is 57.3 Å². The van der Waals surface area contributed by atoms with Gasteiger partial charge in [0.1, 0.15) is 23.6 Å². The first-order chi connectivity index (χ1) is 16.9. The van der Waals surface area contributed by atoms with Gasteiger partial charge in [-0.2, -0.15) is 0 Å². The Hall–Kier alpha value is -3.68. The Morgan fingerprint density at radius 2 is 2.00 bits per heavy atom. The van der Waals surface area contributed by atoms with Crippen LogP contribution >= 0.6 is 11.6 Å². The summed E-state index contributed by atoms with van der Waals surface area (Å²) in [5.74, 6) is 0.595. The minimum atomic E-state index is -0.541. The van der Waals surface area contributed by atoms with Crippen LogP contribution in [0, 0.1) is 5.82 Å². The number of nitrogens with two attached hydrogens (primary N) is 1. The molecule has 2 N–H and O–H groups in total. The minimum Gasteiger partial charge on any atom is -0.497 e. The molecule has 5 rings (SSSR count). The first kappa shape index (κ1) is 23.1. The molecular weight excluding hydrogens is 469 g/mol. The number of aromatic nitrogens is 1. The van der Waals surface area contributed by atoms with E-state index in [9.17, 15) is 9.18 Å². The summed E-state index contributed by atoms with van der Waals surface area (Å²) in [4.78, 5) is 19.1. The number of hydrogen-bond donors (Lipinski definition) is 1. The van der Waals surface area contributed by atoms with E-state index in [4.69, 9.17) is 31.8 Å². The molecule has 0 bridgehead atoms. The predicted octanol–water partition coefficient (Wildman–Crippen LogP) is 5.55. The summed E-state index contributed by atoms with van der Waals surface area (Å²) in [5, 5.41) is 1.22. The monoisotopic (exact) mass is 491 g/mol. The summed E-state index contributed by atoms with van der Waals surface area (Å²) in [6.45, 7) is 0.913. The number of halogens is 2. The Morgan fingerprint density at radius 1 is 1.17 bits per heavy atom. The van der Waals surface area contributed by atoms with E-state index in [1.54, 1.807) is 19.2 Å². The Morgan fingerprint density at radius 3 is 2.71 bits per heavy atom. The number of methoxy groups -OCH3 is 2. The maximum absolute atomic E-state index is 14.2. The molecular formula is C27H23ClFN3O3. The first-order valence-corrected chi connectivity index (χ1v) is 11.4. The molecule has 1 aliphatic rings. The van der Waals surface area contributed by atoms with Crippen LogP contribution in [0.25, 0.3) is 22.0 Å². The van der Waals surface area contributed by atoms with Crippen LogP contribution in [0.5, 0.6) is 11.5 Å². The van der Waals surface area contributed by atoms with Crippen molar-refractivity contribution in [2.24, 2.45) is 0 Å². The summed E-state index contributed by atoms with van der Waals surface area (Å²) in [7, 11) is 3.06. The number of anilines is 1. The molecule has 0 amide bonds. The van der Waals surface area contributed by atoms with Crippen molar-refractivity contribution in [3.8, 4) is 22.6 Å². The number of ether oxygens (including phenoxy) is 2. The standard InChI is InChI=1S/C27H23ClFN3O3/c1-34-18-10-16(9-17(29)11-18)19-4-3-5-20-26(30)25-22(31-27(19)20)13-32(23(25)14-33)12-15-6-7-24(35-2)21(28)8-15/h3-11,14,23H,12-13H2,1-2H3,(H2,30,31). The van der Waals surface area contributed by atoms with Crippen molar-refractivity contribution in [2.45, 2.75) is 19.1 Å². The van der Waals surface area contributed by atoms with Gasteiger partial charge in [-0.3, -0.25) is 9.88 Å². The molecule has 178 valence electrons. The lowest BCUT2D eigenvalue weighted by molar-refractivity contribution is -0.112. The van der Waals surface area contributed by atoms with Crippen LogP contribution in [-0.4, -0.2) is 30.4 Å². The number of nitrogens with zero attached hydrogens (tertiary/aromatic N) is 2. The number of hydrogen-bond acceptors (Lipinski definition) is 6. The van der Waals surface area contributed by atoms with Gasteiger partial charge in [-0.1, -0.05) is 35.9 Å². The molecule has 0 saturated heterocycles. The number of fused-ring (bicyclic) bond motifs is 2. The van der Waals surface area contributed by atoms with Gasteiger partial charge in [-0.15, -0.1) is 0 Å². The fraction of sp³-hybridized carbons (Fsp3) is 0.185. The van der Waals surface area contributed by atoms with Crippen molar-refractivity contribution in [2.75, 3.05) is 20.0 Å². The highest BCUT2D eigenvalue weighted by Gasteiger charge is 2.34. The van der Waals surface area contributed by atoms with Crippen molar-refractivity contribution >= 4 is 34.5 Å². The molecule has 8 heteroatoms. The van der Waals surface area contributed by atoms with Gasteiger partial charge < -0.3 is 20.0 Å². The molecule has 35 heavy (non-hydrogen) atoms. The Labute approximate surface area is 207 Å². The quantitative estimate of drug-likeness (QED) is 0.356. The zero-order chi connectivity index (χ0) is 24.7. The smallest absolute Gasteiger partial charge is 0.141 e. The average Bonchev–Trinajstić information content (AvgIpc) is 3.20. The van der Waals surface area contributed by atoms with Gasteiger partial charge in [0, 0.05) is 41.4 Å². The summed E-state index contributed by atoms with van der Waals surface area (Å²) >= 11 is 6.30. The number of nitrogen functional groups attached to an aromatic ring is 1. The molecule has 1 unspecified atom stereocenters. The Balaban J connectivity index is 1.58. The third-order valence-corrected chi connectivity index (χ3v) is 6.66. The van der Waals surface area contributed by atoms with Crippen LogP contribution in [-0.2, 0) is 17.9 Å². The number of benzene rings is 3. The van der Waals surface area contributed by atoms with Crippen molar-refractivity contribution in [1.82, 2.24) is 9.88 Å². The normalized spacial score (nSPS) is 15.3. The molecule has 3 aromatic carbocycles. The summed E-state index contributed by atoms with van der Waals surface area (Å²) in [6, 6.07) is 15.1. The van der Waals surface area contributed by atoms with E-state index in [0.717, 1.165) is 23.1 Å². The van der Waals surface area contributed by atoms with Gasteiger partial charge in [0.15, 0.2) is 0 Å². The fourth-order valence-electron chi connectivity index (χ4n) is 4.72. The van der Waals surface area contributed by atoms with Crippen LogP contribution in [0.3, 0.4) is 0 Å². The van der Waals surface area contributed by atoms with Crippen molar-refractivity contribution in [3.05, 3.63) is 82.3 Å². The predicted molar refractivity (Wildman–Crippen MR) is 134 cm³/mol. The fourth-order valence-corrected chi connectivity index (χ4v) is 5.00. The van der Waals surface area contributed by atoms with Crippen molar-refractivity contribution in [3.63, 3.8) is 0 Å². The number of rotatable bonds is 6. The third kappa shape index (κ3) is 4.07. The van der Waals surface area contributed by atoms with E-state index >= 15 is 0 Å². The molecule has 0 radical (unpaired) electrons. The second-order valence-electron chi connectivity index (χ2n) is 8.42. The molecule has 0 fully saturated rings. The van der Waals surface area contributed by atoms with E-state index in [1.807, 2.05) is 35.2 Å². The van der Waals surface area contributed by atoms with Crippen LogP contribution < -0.4 is 15.2 Å². The van der Waals surface area contributed by atoms with Gasteiger partial charge in [0.25, 0.3) is 0 Å². The molecule has 0 saturated carbocycles. The molecule has 1 aliphatic heterocycles. The molecule has 0 aliphatic carbocycles. The maximum Gasteiger partial charge on any atom is 0.141 e. The summed E-state index contributed by atoms with van der Waals surface area (Å²) in [6.07, 6.45) is 0.891. The number of pyridine rings is 1. The van der Waals surface area contributed by atoms with Crippen LogP contribution in [0.1, 0.15) is 22.9 Å². The molecule has 4 aromatic rings. The molecule has 2 heterocycles. The van der Waals surface area contributed by atoms with E-state index in [-0.39, 0.29) is 0 Å². The number of carbonyl (C=O) groups is 1. The van der Waals surface area contributed by atoms with E-state index in [2.05, 4.69) is 0 Å². The lowest BCUT2D eigenvalue weighted by Crippen LogP contribution is -2.23. The highest BCUT2D eigenvalue weighted by molar-refractivity contribution is 6.32. The third-order valence-electron chi connectivity index (χ3n) is 6.36. The highest BCUT2D eigenvalue weighted by Crippen LogP contribution is 2.42. The molecule has 0 spiro atoms. The molecule has 6 nitrogen and oxygen atoms in total. The Kier molecular flexibility index (Phi) is 6.05. The number of carbonyl (C=O) groups excluding carboxylic acids is 1. The van der Waals surface area contributed by atoms with Crippen LogP contribution in [0.15, 0.2) is 54.6 Å².